The zero-order chi connectivity index (χ0) is 11.6. The first kappa shape index (κ1) is 10.9. The number of aliphatic carboxylic acids is 1. The lowest BCUT2D eigenvalue weighted by atomic mass is 9.66. The van der Waals surface area contributed by atoms with E-state index in [9.17, 15) is 9.90 Å². The zero-order valence-corrected chi connectivity index (χ0v) is 9.27. The average molecular weight is 221 g/mol. The smallest absolute Gasteiger partial charge is 0.310 e. The highest BCUT2D eigenvalue weighted by atomic mass is 16.5. The molecule has 1 fully saturated rings. The largest absolute Gasteiger partial charge is 0.481 e. The highest BCUT2D eigenvalue weighted by Gasteiger charge is 2.44. The Kier molecular flexibility index (Phi) is 2.81. The van der Waals surface area contributed by atoms with Crippen LogP contribution in [0.4, 0.5) is 0 Å². The second-order valence-electron chi connectivity index (χ2n) is 4.29. The number of aromatic nitrogens is 1. The van der Waals surface area contributed by atoms with Crippen LogP contribution in [0.25, 0.3) is 0 Å². The molecule has 0 atom stereocenters. The predicted octanol–water partition coefficient (Wildman–Crippen LogP) is 1.89. The van der Waals surface area contributed by atoms with E-state index in [1.807, 2.05) is 12.1 Å². The second kappa shape index (κ2) is 4.12. The van der Waals surface area contributed by atoms with Crippen LogP contribution in [-0.4, -0.2) is 23.2 Å². The lowest BCUT2D eigenvalue weighted by Crippen LogP contribution is -2.40. The third kappa shape index (κ3) is 1.87. The van der Waals surface area contributed by atoms with Gasteiger partial charge in [-0.3, -0.25) is 4.79 Å². The molecule has 2 rings (SSSR count). The maximum absolute atomic E-state index is 11.2. The first-order chi connectivity index (χ1) is 7.66. The predicted molar refractivity (Wildman–Crippen MR) is 58.4 cm³/mol. The normalized spacial score (nSPS) is 17.6. The van der Waals surface area contributed by atoms with Gasteiger partial charge in [0.25, 0.3) is 0 Å². The molecule has 4 nitrogen and oxygen atoms in total. The summed E-state index contributed by atoms with van der Waals surface area (Å²) in [6.07, 6.45) is 3.00. The van der Waals surface area contributed by atoms with E-state index in [-0.39, 0.29) is 0 Å². The van der Waals surface area contributed by atoms with Gasteiger partial charge in [0, 0.05) is 18.2 Å². The number of methoxy groups -OCH3 is 1. The molecule has 16 heavy (non-hydrogen) atoms. The maximum atomic E-state index is 11.2. The van der Waals surface area contributed by atoms with Gasteiger partial charge in [0.05, 0.1) is 12.5 Å². The van der Waals surface area contributed by atoms with Crippen molar-refractivity contribution in [1.29, 1.82) is 0 Å². The Morgan fingerprint density at radius 1 is 1.56 bits per heavy atom. The summed E-state index contributed by atoms with van der Waals surface area (Å²) in [4.78, 5) is 15.5. The number of pyridine rings is 1. The molecule has 0 amide bonds. The van der Waals surface area contributed by atoms with Crippen molar-refractivity contribution < 1.29 is 14.6 Å². The Bertz CT molecular complexity index is 399. The van der Waals surface area contributed by atoms with Gasteiger partial charge in [-0.1, -0.05) is 12.5 Å². The van der Waals surface area contributed by atoms with Crippen molar-refractivity contribution in [2.24, 2.45) is 5.41 Å². The Balaban J connectivity index is 2.16. The number of hydrogen-bond acceptors (Lipinski definition) is 3. The van der Waals surface area contributed by atoms with Crippen molar-refractivity contribution in [2.75, 3.05) is 7.11 Å². The first-order valence-corrected chi connectivity index (χ1v) is 5.40. The molecule has 1 N–H and O–H groups in total. The first-order valence-electron chi connectivity index (χ1n) is 5.40. The molecule has 0 unspecified atom stereocenters. The molecule has 1 heterocycles. The van der Waals surface area contributed by atoms with Crippen molar-refractivity contribution in [3.63, 3.8) is 0 Å². The third-order valence-electron chi connectivity index (χ3n) is 3.27. The average Bonchev–Trinajstić information content (AvgIpc) is 2.23. The van der Waals surface area contributed by atoms with Crippen molar-refractivity contribution in [2.45, 2.75) is 25.7 Å². The second-order valence-corrected chi connectivity index (χ2v) is 4.29. The molecule has 0 aliphatic heterocycles. The molecule has 1 aliphatic rings. The minimum absolute atomic E-state index is 0.500. The van der Waals surface area contributed by atoms with Gasteiger partial charge in [-0.25, -0.2) is 4.98 Å². The molecule has 0 spiro atoms. The zero-order valence-electron chi connectivity index (χ0n) is 9.27. The molecule has 1 saturated carbocycles. The summed E-state index contributed by atoms with van der Waals surface area (Å²) in [5.74, 6) is -0.166. The summed E-state index contributed by atoms with van der Waals surface area (Å²) in [5.41, 5.74) is 0.209. The summed E-state index contributed by atoms with van der Waals surface area (Å²) >= 11 is 0. The van der Waals surface area contributed by atoms with Crippen LogP contribution >= 0.6 is 0 Å². The lowest BCUT2D eigenvalue weighted by molar-refractivity contribution is -0.154. The van der Waals surface area contributed by atoms with Crippen LogP contribution < -0.4 is 4.74 Å². The molecular weight excluding hydrogens is 206 g/mol. The van der Waals surface area contributed by atoms with Crippen LogP contribution in [0.3, 0.4) is 0 Å². The van der Waals surface area contributed by atoms with Crippen LogP contribution in [0.15, 0.2) is 18.2 Å². The fourth-order valence-electron chi connectivity index (χ4n) is 2.09. The van der Waals surface area contributed by atoms with Crippen molar-refractivity contribution in [3.05, 3.63) is 23.9 Å². The Morgan fingerprint density at radius 2 is 2.31 bits per heavy atom. The van der Waals surface area contributed by atoms with Gasteiger partial charge in [-0.2, -0.15) is 0 Å². The number of carbonyl (C=O) groups is 1. The van der Waals surface area contributed by atoms with Gasteiger partial charge in [0.15, 0.2) is 0 Å². The van der Waals surface area contributed by atoms with Gasteiger partial charge in [0.2, 0.25) is 5.88 Å². The Hall–Kier alpha value is -1.58. The standard InChI is InChI=1S/C12H15NO3/c1-16-10-5-2-4-9(13-10)8-12(11(14)15)6-3-7-12/h2,4-5H,3,6-8H2,1H3,(H,14,15). The topological polar surface area (TPSA) is 59.4 Å². The summed E-state index contributed by atoms with van der Waals surface area (Å²) in [6.45, 7) is 0. The molecule has 1 aliphatic carbocycles. The van der Waals surface area contributed by atoms with Gasteiger partial charge in [-0.05, 0) is 18.9 Å². The number of nitrogens with zero attached hydrogens (tertiary/aromatic N) is 1. The lowest BCUT2D eigenvalue weighted by Gasteiger charge is -2.37. The van der Waals surface area contributed by atoms with E-state index in [0.717, 1.165) is 25.0 Å². The van der Waals surface area contributed by atoms with E-state index in [0.29, 0.717) is 12.3 Å². The molecule has 1 aromatic rings. The molecular formula is C12H15NO3. The van der Waals surface area contributed by atoms with Crippen LogP contribution in [0.1, 0.15) is 25.0 Å². The fraction of sp³-hybridized carbons (Fsp3) is 0.500. The molecule has 4 heteroatoms. The van der Waals surface area contributed by atoms with Gasteiger partial charge < -0.3 is 9.84 Å². The minimum Gasteiger partial charge on any atom is -0.481 e. The van der Waals surface area contributed by atoms with Gasteiger partial charge in [0.1, 0.15) is 0 Å². The summed E-state index contributed by atoms with van der Waals surface area (Å²) in [5, 5.41) is 9.21. The van der Waals surface area contributed by atoms with E-state index >= 15 is 0 Å². The molecule has 86 valence electrons. The SMILES string of the molecule is COc1cccc(CC2(C(=O)O)CCC2)n1. The Morgan fingerprint density at radius 3 is 2.81 bits per heavy atom. The number of carboxylic acid groups (broad SMARTS) is 1. The number of hydrogen-bond donors (Lipinski definition) is 1. The molecule has 0 bridgehead atoms. The molecule has 1 aromatic heterocycles. The van der Waals surface area contributed by atoms with E-state index < -0.39 is 11.4 Å². The van der Waals surface area contributed by atoms with E-state index in [4.69, 9.17) is 4.74 Å². The van der Waals surface area contributed by atoms with E-state index in [1.54, 1.807) is 13.2 Å². The van der Waals surface area contributed by atoms with Crippen molar-refractivity contribution in [3.8, 4) is 5.88 Å². The highest BCUT2D eigenvalue weighted by molar-refractivity contribution is 5.76. The number of carboxylic acids is 1. The maximum Gasteiger partial charge on any atom is 0.310 e. The van der Waals surface area contributed by atoms with Gasteiger partial charge >= 0.3 is 5.97 Å². The number of ether oxygens (including phenoxy) is 1. The van der Waals surface area contributed by atoms with Crippen LogP contribution in [0, 0.1) is 5.41 Å². The summed E-state index contributed by atoms with van der Waals surface area (Å²) < 4.78 is 5.02. The summed E-state index contributed by atoms with van der Waals surface area (Å²) in [6, 6.07) is 5.46. The fourth-order valence-corrected chi connectivity index (χ4v) is 2.09. The van der Waals surface area contributed by atoms with Gasteiger partial charge in [-0.15, -0.1) is 0 Å². The summed E-state index contributed by atoms with van der Waals surface area (Å²) in [7, 11) is 1.56. The number of rotatable bonds is 4. The minimum atomic E-state index is -0.705. The van der Waals surface area contributed by atoms with Crippen LogP contribution in [0.5, 0.6) is 5.88 Å². The van der Waals surface area contributed by atoms with Crippen LogP contribution in [-0.2, 0) is 11.2 Å². The third-order valence-corrected chi connectivity index (χ3v) is 3.27. The van der Waals surface area contributed by atoms with E-state index in [2.05, 4.69) is 4.98 Å². The van der Waals surface area contributed by atoms with Crippen molar-refractivity contribution in [1.82, 2.24) is 4.98 Å². The van der Waals surface area contributed by atoms with Crippen molar-refractivity contribution >= 4 is 5.97 Å². The van der Waals surface area contributed by atoms with Crippen LogP contribution in [0.2, 0.25) is 0 Å². The van der Waals surface area contributed by atoms with E-state index in [1.165, 1.54) is 0 Å². The molecule has 0 radical (unpaired) electrons. The molecule has 0 aromatic carbocycles. The highest BCUT2D eigenvalue weighted by Crippen LogP contribution is 2.43. The quantitative estimate of drug-likeness (QED) is 0.843. The monoisotopic (exact) mass is 221 g/mol. The Labute approximate surface area is 94.3 Å². The molecule has 0 saturated heterocycles.